The second-order valence-corrected chi connectivity index (χ2v) is 6.13. The Balaban J connectivity index is 2.21. The first-order valence-corrected chi connectivity index (χ1v) is 7.84. The van der Waals surface area contributed by atoms with E-state index in [-0.39, 0.29) is 17.9 Å². The Kier molecular flexibility index (Phi) is 5.37. The summed E-state index contributed by atoms with van der Waals surface area (Å²) in [6.45, 7) is 6.65. The zero-order valence-electron chi connectivity index (χ0n) is 13.3. The number of nitrogens with zero attached hydrogens (tertiary/aromatic N) is 2. The third-order valence-electron chi connectivity index (χ3n) is 4.59. The van der Waals surface area contributed by atoms with Crippen molar-refractivity contribution < 1.29 is 4.79 Å². The highest BCUT2D eigenvalue weighted by Gasteiger charge is 2.33. The summed E-state index contributed by atoms with van der Waals surface area (Å²) in [5, 5.41) is 0. The number of likely N-dealkylation sites (N-methyl/N-ethyl adjacent to an activating group) is 1. The minimum atomic E-state index is -0.399. The molecule has 0 spiro atoms. The first kappa shape index (κ1) is 16.0. The maximum atomic E-state index is 12.8. The van der Waals surface area contributed by atoms with E-state index in [2.05, 4.69) is 37.9 Å². The number of nitrogens with two attached hydrogens (primary N) is 1. The molecular weight excluding hydrogens is 262 g/mol. The average molecular weight is 289 g/mol. The van der Waals surface area contributed by atoms with Crippen molar-refractivity contribution in [2.75, 3.05) is 26.7 Å². The molecule has 1 unspecified atom stereocenters. The largest absolute Gasteiger partial charge is 0.332 e. The van der Waals surface area contributed by atoms with E-state index in [9.17, 15) is 4.79 Å². The minimum absolute atomic E-state index is 0.0892. The molecule has 4 heteroatoms. The van der Waals surface area contributed by atoms with Crippen molar-refractivity contribution in [3.8, 4) is 0 Å². The van der Waals surface area contributed by atoms with E-state index in [1.807, 2.05) is 23.1 Å². The van der Waals surface area contributed by atoms with Crippen LogP contribution in [0.15, 0.2) is 30.3 Å². The first-order valence-electron chi connectivity index (χ1n) is 7.84. The SMILES string of the molecule is CC[C@H](C)[C@H](N)C(=O)N1CCN(C)CC1c1ccccc1. The molecule has 21 heavy (non-hydrogen) atoms. The third kappa shape index (κ3) is 3.63. The standard InChI is InChI=1S/C17H27N3O/c1-4-13(2)16(18)17(21)20-11-10-19(3)12-15(20)14-8-6-5-7-9-14/h5-9,13,15-16H,4,10-12,18H2,1-3H3/t13-,15?,16-/m0/s1. The summed E-state index contributed by atoms with van der Waals surface area (Å²) in [7, 11) is 2.10. The first-order chi connectivity index (χ1) is 10.0. The molecular formula is C17H27N3O. The molecule has 4 nitrogen and oxygen atoms in total. The van der Waals surface area contributed by atoms with Crippen LogP contribution in [0.3, 0.4) is 0 Å². The highest BCUT2D eigenvalue weighted by molar-refractivity contribution is 5.82. The summed E-state index contributed by atoms with van der Waals surface area (Å²) in [6, 6.07) is 9.96. The lowest BCUT2D eigenvalue weighted by molar-refractivity contribution is -0.138. The summed E-state index contributed by atoms with van der Waals surface area (Å²) >= 11 is 0. The van der Waals surface area contributed by atoms with Crippen LogP contribution in [0.25, 0.3) is 0 Å². The fourth-order valence-corrected chi connectivity index (χ4v) is 2.83. The third-order valence-corrected chi connectivity index (χ3v) is 4.59. The van der Waals surface area contributed by atoms with Crippen LogP contribution >= 0.6 is 0 Å². The summed E-state index contributed by atoms with van der Waals surface area (Å²) in [4.78, 5) is 17.0. The molecule has 2 rings (SSSR count). The number of hydrogen-bond donors (Lipinski definition) is 1. The molecule has 2 N–H and O–H groups in total. The second-order valence-electron chi connectivity index (χ2n) is 6.13. The van der Waals surface area contributed by atoms with Gasteiger partial charge in [0, 0.05) is 19.6 Å². The number of rotatable bonds is 4. The normalized spacial score (nSPS) is 22.9. The molecule has 1 aromatic rings. The number of piperazine rings is 1. The molecule has 0 radical (unpaired) electrons. The van der Waals surface area contributed by atoms with Crippen LogP contribution in [0.4, 0.5) is 0 Å². The second kappa shape index (κ2) is 7.05. The Hall–Kier alpha value is -1.39. The van der Waals surface area contributed by atoms with Gasteiger partial charge in [-0.25, -0.2) is 0 Å². The van der Waals surface area contributed by atoms with E-state index in [1.165, 1.54) is 5.56 Å². The smallest absolute Gasteiger partial charge is 0.240 e. The predicted octanol–water partition coefficient (Wildman–Crippen LogP) is 1.88. The lowest BCUT2D eigenvalue weighted by Crippen LogP contribution is -2.55. The number of amides is 1. The van der Waals surface area contributed by atoms with Gasteiger partial charge in [0.1, 0.15) is 0 Å². The monoisotopic (exact) mass is 289 g/mol. The van der Waals surface area contributed by atoms with E-state index >= 15 is 0 Å². The van der Waals surface area contributed by atoms with E-state index in [1.54, 1.807) is 0 Å². The fourth-order valence-electron chi connectivity index (χ4n) is 2.83. The van der Waals surface area contributed by atoms with Gasteiger partial charge in [0.15, 0.2) is 0 Å². The van der Waals surface area contributed by atoms with Crippen LogP contribution in [-0.4, -0.2) is 48.4 Å². The van der Waals surface area contributed by atoms with Crippen molar-refractivity contribution in [3.63, 3.8) is 0 Å². The van der Waals surface area contributed by atoms with Crippen LogP contribution in [-0.2, 0) is 4.79 Å². The lowest BCUT2D eigenvalue weighted by Gasteiger charge is -2.42. The zero-order chi connectivity index (χ0) is 15.4. The molecule has 1 amide bonds. The van der Waals surface area contributed by atoms with Gasteiger partial charge in [-0.05, 0) is 18.5 Å². The van der Waals surface area contributed by atoms with Crippen molar-refractivity contribution in [2.45, 2.75) is 32.4 Å². The van der Waals surface area contributed by atoms with E-state index in [0.717, 1.165) is 26.1 Å². The van der Waals surface area contributed by atoms with Gasteiger partial charge < -0.3 is 15.5 Å². The van der Waals surface area contributed by atoms with Crippen molar-refractivity contribution in [2.24, 2.45) is 11.7 Å². The molecule has 0 aromatic heterocycles. The summed E-state index contributed by atoms with van der Waals surface area (Å²) in [5.74, 6) is 0.305. The number of carbonyl (C=O) groups is 1. The Morgan fingerprint density at radius 2 is 2.00 bits per heavy atom. The summed E-state index contributed by atoms with van der Waals surface area (Å²) < 4.78 is 0. The molecule has 1 aliphatic heterocycles. The molecule has 0 bridgehead atoms. The van der Waals surface area contributed by atoms with Crippen LogP contribution in [0, 0.1) is 5.92 Å². The Labute approximate surface area is 127 Å². The molecule has 1 aromatic carbocycles. The Bertz CT molecular complexity index is 462. The van der Waals surface area contributed by atoms with E-state index < -0.39 is 6.04 Å². The van der Waals surface area contributed by atoms with Gasteiger partial charge in [0.05, 0.1) is 12.1 Å². The summed E-state index contributed by atoms with van der Waals surface area (Å²) in [5.41, 5.74) is 7.36. The molecule has 1 heterocycles. The number of carbonyl (C=O) groups excluding carboxylic acids is 1. The Morgan fingerprint density at radius 3 is 2.62 bits per heavy atom. The highest BCUT2D eigenvalue weighted by atomic mass is 16.2. The van der Waals surface area contributed by atoms with Crippen molar-refractivity contribution in [1.82, 2.24) is 9.80 Å². The van der Waals surface area contributed by atoms with E-state index in [4.69, 9.17) is 5.73 Å². The lowest BCUT2D eigenvalue weighted by atomic mass is 9.96. The molecule has 0 aliphatic carbocycles. The van der Waals surface area contributed by atoms with Gasteiger partial charge >= 0.3 is 0 Å². The maximum Gasteiger partial charge on any atom is 0.240 e. The van der Waals surface area contributed by atoms with Gasteiger partial charge in [0.2, 0.25) is 5.91 Å². The minimum Gasteiger partial charge on any atom is -0.332 e. The van der Waals surface area contributed by atoms with Crippen LogP contribution in [0.5, 0.6) is 0 Å². The van der Waals surface area contributed by atoms with Crippen LogP contribution < -0.4 is 5.73 Å². The quantitative estimate of drug-likeness (QED) is 0.920. The van der Waals surface area contributed by atoms with Crippen LogP contribution in [0.2, 0.25) is 0 Å². The highest BCUT2D eigenvalue weighted by Crippen LogP contribution is 2.26. The molecule has 116 valence electrons. The number of hydrogen-bond acceptors (Lipinski definition) is 3. The molecule has 3 atom stereocenters. The molecule has 1 fully saturated rings. The molecule has 1 saturated heterocycles. The Morgan fingerprint density at radius 1 is 1.33 bits per heavy atom. The predicted molar refractivity (Wildman–Crippen MR) is 85.8 cm³/mol. The zero-order valence-corrected chi connectivity index (χ0v) is 13.3. The van der Waals surface area contributed by atoms with Crippen LogP contribution in [0.1, 0.15) is 31.9 Å². The summed E-state index contributed by atoms with van der Waals surface area (Å²) in [6.07, 6.45) is 0.927. The van der Waals surface area contributed by atoms with Gasteiger partial charge in [-0.1, -0.05) is 50.6 Å². The van der Waals surface area contributed by atoms with Gasteiger partial charge in [-0.3, -0.25) is 4.79 Å². The topological polar surface area (TPSA) is 49.6 Å². The van der Waals surface area contributed by atoms with Crippen molar-refractivity contribution in [1.29, 1.82) is 0 Å². The number of benzene rings is 1. The maximum absolute atomic E-state index is 12.8. The fraction of sp³-hybridized carbons (Fsp3) is 0.588. The molecule has 1 aliphatic rings. The van der Waals surface area contributed by atoms with Gasteiger partial charge in [-0.15, -0.1) is 0 Å². The van der Waals surface area contributed by atoms with Crippen molar-refractivity contribution in [3.05, 3.63) is 35.9 Å². The average Bonchev–Trinajstić information content (AvgIpc) is 2.53. The van der Waals surface area contributed by atoms with Crippen molar-refractivity contribution >= 4 is 5.91 Å². The van der Waals surface area contributed by atoms with Gasteiger partial charge in [-0.2, -0.15) is 0 Å². The van der Waals surface area contributed by atoms with E-state index in [0.29, 0.717) is 0 Å². The van der Waals surface area contributed by atoms with Gasteiger partial charge in [0.25, 0.3) is 0 Å². The molecule has 0 saturated carbocycles.